The average Bonchev–Trinajstić information content (AvgIpc) is 1.78. The van der Waals surface area contributed by atoms with Crippen LogP contribution in [0.1, 0.15) is 22.3 Å². The van der Waals surface area contributed by atoms with Crippen molar-refractivity contribution in [2.45, 2.75) is 26.2 Å². The van der Waals surface area contributed by atoms with Crippen molar-refractivity contribution in [2.24, 2.45) is 0 Å². The second-order valence-corrected chi connectivity index (χ2v) is 22.1. The Morgan fingerprint density at radius 2 is 0.609 bits per heavy atom. The summed E-state index contributed by atoms with van der Waals surface area (Å²) in [4.78, 5) is 3.69. The molecule has 0 amide bonds. The Bertz CT molecular complexity index is 4640. The van der Waals surface area contributed by atoms with E-state index in [-0.39, 0.29) is 0 Å². The quantitative estimate of drug-likeness (QED) is 0.0945. The molecule has 9 heteroatoms. The van der Waals surface area contributed by atoms with E-state index in [4.69, 9.17) is 0 Å². The minimum Gasteiger partial charge on any atom is -0.310 e. The molecule has 1 aromatic heterocycles. The highest BCUT2D eigenvalue weighted by atomic mass is 19.4. The largest absolute Gasteiger partial charge is 0.416 e. The molecule has 0 unspecified atom stereocenters. The molecular weight excluding hydrogens is 1090 g/mol. The maximum atomic E-state index is 14.1. The molecule has 422 valence electrons. The molecule has 3 nitrogen and oxygen atoms in total. The molecule has 0 bridgehead atoms. The Kier molecular flexibility index (Phi) is 13.6. The van der Waals surface area contributed by atoms with Crippen molar-refractivity contribution in [1.29, 1.82) is 0 Å². The zero-order valence-corrected chi connectivity index (χ0v) is 47.2. The summed E-state index contributed by atoms with van der Waals surface area (Å²) in [5.74, 6) is 0. The molecule has 87 heavy (non-hydrogen) atoms. The van der Waals surface area contributed by atoms with Crippen LogP contribution in [0.25, 0.3) is 93.5 Å². The number of hydrogen-bond donors (Lipinski definition) is 0. The van der Waals surface area contributed by atoms with Gasteiger partial charge in [-0.15, -0.1) is 0 Å². The standard InChI is InChI=1S/C78H53F6N3/c1-50-14-10-20-63(44-50)85(65-22-12-18-58(48-65)77(79,80)81)60-36-28-52(29-37-60)56-34-42-73-71(46-56)72-47-57(53-30-38-61(39-31-53)86(64-21-11-15-51(2)45-64)66-23-13-19-59(49-66)78(82,83)84)35-43-74(72)87(73)62-40-32-55(33-41-62)76-69-26-8-6-24-67(69)75(54-16-4-3-5-17-54)68-25-7-9-27-70(68)76/h3-49H,1-2H3. The lowest BCUT2D eigenvalue weighted by atomic mass is 9.86. The number of halogens is 6. The van der Waals surface area contributed by atoms with E-state index >= 15 is 0 Å². The third-order valence-corrected chi connectivity index (χ3v) is 16.5. The predicted molar refractivity (Wildman–Crippen MR) is 346 cm³/mol. The lowest BCUT2D eigenvalue weighted by molar-refractivity contribution is -0.138. The van der Waals surface area contributed by atoms with E-state index in [1.165, 1.54) is 40.6 Å². The Hall–Kier alpha value is -10.6. The van der Waals surface area contributed by atoms with Crippen LogP contribution in [0.2, 0.25) is 0 Å². The smallest absolute Gasteiger partial charge is 0.310 e. The molecule has 0 saturated carbocycles. The van der Waals surface area contributed by atoms with Crippen LogP contribution >= 0.6 is 0 Å². The number of aryl methyl sites for hydroxylation is 2. The molecule has 0 aliphatic rings. The van der Waals surface area contributed by atoms with Crippen LogP contribution in [-0.4, -0.2) is 4.57 Å². The lowest BCUT2D eigenvalue weighted by Crippen LogP contribution is -2.12. The van der Waals surface area contributed by atoms with Gasteiger partial charge in [0.05, 0.1) is 22.2 Å². The van der Waals surface area contributed by atoms with Crippen molar-refractivity contribution in [3.05, 3.63) is 307 Å². The van der Waals surface area contributed by atoms with Crippen molar-refractivity contribution in [3.8, 4) is 50.2 Å². The minimum absolute atomic E-state index is 0.387. The maximum absolute atomic E-state index is 14.1. The molecule has 13 aromatic carbocycles. The third-order valence-electron chi connectivity index (χ3n) is 16.5. The number of aromatic nitrogens is 1. The van der Waals surface area contributed by atoms with Gasteiger partial charge in [-0.2, -0.15) is 26.3 Å². The number of nitrogens with zero attached hydrogens (tertiary/aromatic N) is 3. The summed E-state index contributed by atoms with van der Waals surface area (Å²) >= 11 is 0. The molecule has 1 heterocycles. The molecule has 0 aliphatic heterocycles. The second-order valence-electron chi connectivity index (χ2n) is 22.1. The summed E-state index contributed by atoms with van der Waals surface area (Å²) in [6.07, 6.45) is -9.03. The molecule has 0 radical (unpaired) electrons. The van der Waals surface area contributed by atoms with E-state index in [2.05, 4.69) is 138 Å². The summed E-state index contributed by atoms with van der Waals surface area (Å²) in [5, 5.41) is 6.69. The van der Waals surface area contributed by atoms with Crippen molar-refractivity contribution in [1.82, 2.24) is 4.57 Å². The highest BCUT2D eigenvalue weighted by molar-refractivity contribution is 6.21. The molecule has 0 fully saturated rings. The van der Waals surface area contributed by atoms with Gasteiger partial charge in [-0.3, -0.25) is 0 Å². The van der Waals surface area contributed by atoms with Gasteiger partial charge in [0.1, 0.15) is 0 Å². The van der Waals surface area contributed by atoms with E-state index in [0.29, 0.717) is 22.7 Å². The number of rotatable bonds is 11. The Morgan fingerprint density at radius 3 is 1.00 bits per heavy atom. The zero-order valence-electron chi connectivity index (χ0n) is 47.2. The van der Waals surface area contributed by atoms with E-state index in [0.717, 1.165) is 112 Å². The van der Waals surface area contributed by atoms with E-state index in [1.807, 2.05) is 127 Å². The van der Waals surface area contributed by atoms with Crippen LogP contribution in [0, 0.1) is 13.8 Å². The molecular formula is C78H53F6N3. The Labute approximate surface area is 499 Å². The van der Waals surface area contributed by atoms with Gasteiger partial charge in [0.25, 0.3) is 0 Å². The van der Waals surface area contributed by atoms with Crippen molar-refractivity contribution < 1.29 is 26.3 Å². The van der Waals surface area contributed by atoms with Gasteiger partial charge in [-0.25, -0.2) is 0 Å². The predicted octanol–water partition coefficient (Wildman–Crippen LogP) is 23.4. The fourth-order valence-electron chi connectivity index (χ4n) is 12.5. The van der Waals surface area contributed by atoms with Gasteiger partial charge < -0.3 is 14.4 Å². The van der Waals surface area contributed by atoms with Crippen molar-refractivity contribution in [2.75, 3.05) is 9.80 Å². The first-order chi connectivity index (χ1) is 42.2. The normalized spacial score (nSPS) is 11.9. The molecule has 0 aliphatic carbocycles. The molecule has 14 aromatic rings. The van der Waals surface area contributed by atoms with Crippen LogP contribution in [0.15, 0.2) is 285 Å². The number of alkyl halides is 6. The fraction of sp³-hybridized carbons (Fsp3) is 0.0513. The number of anilines is 6. The topological polar surface area (TPSA) is 11.4 Å². The van der Waals surface area contributed by atoms with E-state index in [1.54, 1.807) is 12.1 Å². The highest BCUT2D eigenvalue weighted by Gasteiger charge is 2.32. The SMILES string of the molecule is Cc1cccc(N(c2ccc(-c3ccc4c(c3)c3cc(-c5ccc(N(c6cccc(C)c6)c6cccc(C(F)(F)F)c6)cc5)ccc3n4-c3ccc(-c4c5ccccc5c(-c5ccccc5)c5ccccc45)cc3)cc2)c2cccc(C(F)(F)F)c2)c1. The van der Waals surface area contributed by atoms with Crippen LogP contribution in [0.3, 0.4) is 0 Å². The minimum atomic E-state index is -4.52. The summed E-state index contributed by atoms with van der Waals surface area (Å²) in [6.45, 7) is 3.92. The first-order valence-corrected chi connectivity index (χ1v) is 28.7. The average molecular weight is 1150 g/mol. The van der Waals surface area contributed by atoms with Gasteiger partial charge in [-0.1, -0.05) is 164 Å². The summed E-state index contributed by atoms with van der Waals surface area (Å²) in [7, 11) is 0. The van der Waals surface area contributed by atoms with Gasteiger partial charge in [0.2, 0.25) is 0 Å². The summed E-state index contributed by atoms with van der Waals surface area (Å²) < 4.78 is 87.1. The van der Waals surface area contributed by atoms with Crippen LogP contribution in [0.4, 0.5) is 60.5 Å². The zero-order chi connectivity index (χ0) is 59.6. The first-order valence-electron chi connectivity index (χ1n) is 28.7. The van der Waals surface area contributed by atoms with Gasteiger partial charge in [-0.05, 0) is 212 Å². The first kappa shape index (κ1) is 54.3. The lowest BCUT2D eigenvalue weighted by Gasteiger charge is -2.26. The Morgan fingerprint density at radius 1 is 0.264 bits per heavy atom. The summed E-state index contributed by atoms with van der Waals surface area (Å²) in [5.41, 5.74) is 15.4. The fourth-order valence-corrected chi connectivity index (χ4v) is 12.5. The van der Waals surface area contributed by atoms with Gasteiger partial charge >= 0.3 is 12.4 Å². The molecule has 0 atom stereocenters. The maximum Gasteiger partial charge on any atom is 0.416 e. The number of benzene rings is 13. The van der Waals surface area contributed by atoms with Gasteiger partial charge in [0.15, 0.2) is 0 Å². The highest BCUT2D eigenvalue weighted by Crippen LogP contribution is 2.46. The number of hydrogen-bond acceptors (Lipinski definition) is 2. The van der Waals surface area contributed by atoms with Crippen molar-refractivity contribution >= 4 is 77.5 Å². The molecule has 14 rings (SSSR count). The van der Waals surface area contributed by atoms with Gasteiger partial charge in [0, 0.05) is 50.6 Å². The van der Waals surface area contributed by atoms with E-state index in [9.17, 15) is 26.3 Å². The Balaban J connectivity index is 0.892. The monoisotopic (exact) mass is 1150 g/mol. The molecule has 0 N–H and O–H groups in total. The van der Waals surface area contributed by atoms with Crippen LogP contribution in [0.5, 0.6) is 0 Å². The molecule has 0 saturated heterocycles. The van der Waals surface area contributed by atoms with Crippen LogP contribution < -0.4 is 9.80 Å². The number of fused-ring (bicyclic) bond motifs is 5. The van der Waals surface area contributed by atoms with E-state index < -0.39 is 23.5 Å². The summed E-state index contributed by atoms with van der Waals surface area (Å²) in [6, 6.07) is 91.7. The van der Waals surface area contributed by atoms with Crippen LogP contribution in [-0.2, 0) is 12.4 Å². The molecule has 0 spiro atoms. The van der Waals surface area contributed by atoms with Crippen molar-refractivity contribution in [3.63, 3.8) is 0 Å². The third kappa shape index (κ3) is 10.2. The second kappa shape index (κ2) is 21.8.